The van der Waals surface area contributed by atoms with Crippen LogP contribution in [0.5, 0.6) is 5.75 Å². The molecule has 2 unspecified atom stereocenters. The van der Waals surface area contributed by atoms with Gasteiger partial charge in [-0.05, 0) is 43.2 Å². The van der Waals surface area contributed by atoms with Gasteiger partial charge in [-0.15, -0.1) is 0 Å². The molecule has 2 heterocycles. The number of methoxy groups -OCH3 is 1. The second kappa shape index (κ2) is 8.15. The summed E-state index contributed by atoms with van der Waals surface area (Å²) in [5, 5.41) is 3.49. The average molecular weight is 393 g/mol. The molecule has 2 atom stereocenters. The molecule has 0 aliphatic carbocycles. The molecular formula is C23H27N3O3. The van der Waals surface area contributed by atoms with E-state index < -0.39 is 0 Å². The molecule has 29 heavy (non-hydrogen) atoms. The molecule has 0 aromatic heterocycles. The first kappa shape index (κ1) is 19.3. The molecule has 0 spiro atoms. The summed E-state index contributed by atoms with van der Waals surface area (Å²) in [6.07, 6.45) is 1.17. The highest BCUT2D eigenvalue weighted by molar-refractivity contribution is 6.01. The number of rotatable bonds is 5. The van der Waals surface area contributed by atoms with Crippen molar-refractivity contribution in [3.8, 4) is 5.75 Å². The maximum absolute atomic E-state index is 13.1. The molecule has 6 heteroatoms. The Morgan fingerprint density at radius 2 is 1.93 bits per heavy atom. The van der Waals surface area contributed by atoms with Crippen LogP contribution in [-0.4, -0.2) is 49.5 Å². The van der Waals surface area contributed by atoms with Crippen molar-refractivity contribution < 1.29 is 14.3 Å². The Labute approximate surface area is 171 Å². The zero-order valence-electron chi connectivity index (χ0n) is 16.9. The van der Waals surface area contributed by atoms with Crippen molar-refractivity contribution in [1.29, 1.82) is 0 Å². The van der Waals surface area contributed by atoms with Gasteiger partial charge in [-0.3, -0.25) is 9.59 Å². The van der Waals surface area contributed by atoms with Crippen molar-refractivity contribution >= 4 is 23.2 Å². The highest BCUT2D eigenvalue weighted by Gasteiger charge is 2.39. The number of aryl methyl sites for hydroxylation is 1. The fourth-order valence-corrected chi connectivity index (χ4v) is 4.22. The van der Waals surface area contributed by atoms with Crippen molar-refractivity contribution in [2.24, 2.45) is 5.92 Å². The maximum Gasteiger partial charge on any atom is 0.228 e. The van der Waals surface area contributed by atoms with Crippen molar-refractivity contribution in [2.75, 3.05) is 37.0 Å². The first-order valence-electron chi connectivity index (χ1n) is 10.1. The van der Waals surface area contributed by atoms with Crippen LogP contribution in [0.25, 0.3) is 0 Å². The van der Waals surface area contributed by atoms with Crippen LogP contribution in [0.4, 0.5) is 11.4 Å². The van der Waals surface area contributed by atoms with E-state index in [0.717, 1.165) is 29.9 Å². The number of hydrogen-bond donors (Lipinski definition) is 1. The summed E-state index contributed by atoms with van der Waals surface area (Å²) in [6, 6.07) is 16.1. The number of hydrogen-bond acceptors (Lipinski definition) is 4. The van der Waals surface area contributed by atoms with Gasteiger partial charge in [-0.25, -0.2) is 0 Å². The number of nitrogens with zero attached hydrogens (tertiary/aromatic N) is 2. The Hall–Kier alpha value is -3.02. The molecule has 0 bridgehead atoms. The highest BCUT2D eigenvalue weighted by Crippen LogP contribution is 2.34. The monoisotopic (exact) mass is 393 g/mol. The van der Waals surface area contributed by atoms with Crippen molar-refractivity contribution in [3.63, 3.8) is 0 Å². The maximum atomic E-state index is 13.1. The smallest absolute Gasteiger partial charge is 0.228 e. The summed E-state index contributed by atoms with van der Waals surface area (Å²) in [4.78, 5) is 29.4. The van der Waals surface area contributed by atoms with Gasteiger partial charge in [-0.1, -0.05) is 24.3 Å². The second-order valence-corrected chi connectivity index (χ2v) is 7.86. The van der Waals surface area contributed by atoms with Crippen LogP contribution in [0, 0.1) is 12.8 Å². The standard InChI is InChI=1S/C23H27N3O3/c1-16-8-9-21(29-2)20(12-16)26-14-17(13-22(26)27)23(28)25-11-10-19(15-25)24-18-6-4-3-5-7-18/h3-9,12,17,19,24H,10-11,13-15H2,1-2H3. The number of carbonyl (C=O) groups excluding carboxylic acids is 2. The van der Waals surface area contributed by atoms with E-state index in [1.54, 1.807) is 12.0 Å². The summed E-state index contributed by atoms with van der Waals surface area (Å²) in [6.45, 7) is 3.79. The van der Waals surface area contributed by atoms with E-state index in [1.165, 1.54) is 0 Å². The molecule has 1 N–H and O–H groups in total. The van der Waals surface area contributed by atoms with Crippen LogP contribution in [0.2, 0.25) is 0 Å². The molecule has 6 nitrogen and oxygen atoms in total. The lowest BCUT2D eigenvalue weighted by molar-refractivity contribution is -0.134. The number of nitrogens with one attached hydrogen (secondary N) is 1. The molecule has 2 aliphatic heterocycles. The summed E-state index contributed by atoms with van der Waals surface area (Å²) in [5.74, 6) is 0.406. The number of likely N-dealkylation sites (tertiary alicyclic amines) is 1. The Morgan fingerprint density at radius 3 is 2.69 bits per heavy atom. The van der Waals surface area contributed by atoms with Crippen molar-refractivity contribution in [2.45, 2.75) is 25.8 Å². The van der Waals surface area contributed by atoms with Crippen LogP contribution in [0.15, 0.2) is 48.5 Å². The number of para-hydroxylation sites is 1. The number of ether oxygens (including phenoxy) is 1. The Morgan fingerprint density at radius 1 is 1.14 bits per heavy atom. The first-order valence-corrected chi connectivity index (χ1v) is 10.1. The van der Waals surface area contributed by atoms with Gasteiger partial charge in [0.25, 0.3) is 0 Å². The lowest BCUT2D eigenvalue weighted by atomic mass is 10.1. The van der Waals surface area contributed by atoms with Gasteiger partial charge in [-0.2, -0.15) is 0 Å². The molecule has 2 amide bonds. The minimum atomic E-state index is -0.303. The Balaban J connectivity index is 1.40. The third kappa shape index (κ3) is 4.06. The molecule has 2 aliphatic rings. The molecule has 4 rings (SSSR count). The fourth-order valence-electron chi connectivity index (χ4n) is 4.22. The van der Waals surface area contributed by atoms with E-state index >= 15 is 0 Å². The van der Waals surface area contributed by atoms with Crippen LogP contribution < -0.4 is 15.0 Å². The van der Waals surface area contributed by atoms with Gasteiger partial charge in [0.2, 0.25) is 11.8 Å². The molecule has 0 saturated carbocycles. The van der Waals surface area contributed by atoms with Crippen LogP contribution in [0.1, 0.15) is 18.4 Å². The molecule has 152 valence electrons. The van der Waals surface area contributed by atoms with E-state index in [1.807, 2.05) is 60.4 Å². The molecule has 2 saturated heterocycles. The van der Waals surface area contributed by atoms with Crippen LogP contribution in [-0.2, 0) is 9.59 Å². The van der Waals surface area contributed by atoms with E-state index in [9.17, 15) is 9.59 Å². The fraction of sp³-hybridized carbons (Fsp3) is 0.391. The third-order valence-electron chi connectivity index (χ3n) is 5.74. The van der Waals surface area contributed by atoms with Crippen LogP contribution >= 0.6 is 0 Å². The number of benzene rings is 2. The topological polar surface area (TPSA) is 61.9 Å². The number of carbonyl (C=O) groups is 2. The highest BCUT2D eigenvalue weighted by atomic mass is 16.5. The van der Waals surface area contributed by atoms with Gasteiger partial charge < -0.3 is 19.9 Å². The zero-order valence-corrected chi connectivity index (χ0v) is 16.9. The minimum Gasteiger partial charge on any atom is -0.495 e. The number of amides is 2. The average Bonchev–Trinajstić information content (AvgIpc) is 3.35. The first-order chi connectivity index (χ1) is 14.0. The van der Waals surface area contributed by atoms with Gasteiger partial charge >= 0.3 is 0 Å². The van der Waals surface area contributed by atoms with E-state index in [0.29, 0.717) is 18.8 Å². The SMILES string of the molecule is COc1ccc(C)cc1N1CC(C(=O)N2CCC(Nc3ccccc3)C2)CC1=O. The Kier molecular flexibility index (Phi) is 5.43. The summed E-state index contributed by atoms with van der Waals surface area (Å²) < 4.78 is 5.43. The predicted molar refractivity (Wildman–Crippen MR) is 113 cm³/mol. The number of anilines is 2. The van der Waals surface area contributed by atoms with Crippen LogP contribution in [0.3, 0.4) is 0 Å². The largest absolute Gasteiger partial charge is 0.495 e. The Bertz CT molecular complexity index is 899. The van der Waals surface area contributed by atoms with Gasteiger partial charge in [0.05, 0.1) is 18.7 Å². The summed E-state index contributed by atoms with van der Waals surface area (Å²) in [5.41, 5.74) is 2.87. The van der Waals surface area contributed by atoms with Crippen molar-refractivity contribution in [3.05, 3.63) is 54.1 Å². The quantitative estimate of drug-likeness (QED) is 0.848. The molecule has 2 fully saturated rings. The second-order valence-electron chi connectivity index (χ2n) is 7.86. The summed E-state index contributed by atoms with van der Waals surface area (Å²) in [7, 11) is 1.60. The predicted octanol–water partition coefficient (Wildman–Crippen LogP) is 3.07. The lowest BCUT2D eigenvalue weighted by Gasteiger charge is -2.22. The van der Waals surface area contributed by atoms with E-state index in [2.05, 4.69) is 5.32 Å². The lowest BCUT2D eigenvalue weighted by Crippen LogP contribution is -2.37. The molecule has 2 aromatic rings. The zero-order chi connectivity index (χ0) is 20.4. The van der Waals surface area contributed by atoms with Gasteiger partial charge in [0.15, 0.2) is 0 Å². The normalized spacial score (nSPS) is 21.5. The van der Waals surface area contributed by atoms with Crippen molar-refractivity contribution in [1.82, 2.24) is 4.90 Å². The van der Waals surface area contributed by atoms with E-state index in [-0.39, 0.29) is 30.2 Å². The molecule has 0 radical (unpaired) electrons. The van der Waals surface area contributed by atoms with Gasteiger partial charge in [0, 0.05) is 37.8 Å². The summed E-state index contributed by atoms with van der Waals surface area (Å²) >= 11 is 0. The van der Waals surface area contributed by atoms with Gasteiger partial charge in [0.1, 0.15) is 5.75 Å². The molecule has 2 aromatic carbocycles. The molecular weight excluding hydrogens is 366 g/mol. The third-order valence-corrected chi connectivity index (χ3v) is 5.74. The minimum absolute atomic E-state index is 0.0228. The van der Waals surface area contributed by atoms with E-state index in [4.69, 9.17) is 4.74 Å².